The minimum atomic E-state index is 0.112. The van der Waals surface area contributed by atoms with Crippen LogP contribution in [-0.4, -0.2) is 30.5 Å². The highest BCUT2D eigenvalue weighted by atomic mass is 16.5. The van der Waals surface area contributed by atoms with E-state index in [1.54, 1.807) is 12.3 Å². The highest BCUT2D eigenvalue weighted by Crippen LogP contribution is 2.19. The number of benzene rings is 1. The molecule has 1 aromatic carbocycles. The second kappa shape index (κ2) is 6.81. The average Bonchev–Trinajstić information content (AvgIpc) is 2.56. The number of nitrogens with one attached hydrogen (secondary N) is 1. The van der Waals surface area contributed by atoms with Crippen molar-refractivity contribution in [2.75, 3.05) is 19.7 Å². The monoisotopic (exact) mass is 296 g/mol. The Hall–Kier alpha value is -2.04. The zero-order valence-corrected chi connectivity index (χ0v) is 12.7. The topological polar surface area (TPSA) is 51.2 Å². The molecule has 1 N–H and O–H groups in total. The van der Waals surface area contributed by atoms with Gasteiger partial charge >= 0.3 is 0 Å². The molecule has 4 nitrogen and oxygen atoms in total. The van der Waals surface area contributed by atoms with Crippen LogP contribution in [0.2, 0.25) is 0 Å². The normalized spacial score (nSPS) is 18.1. The number of hydrogen-bond donors (Lipinski definition) is 1. The van der Waals surface area contributed by atoms with Gasteiger partial charge in [0.05, 0.1) is 12.7 Å². The van der Waals surface area contributed by atoms with Crippen molar-refractivity contribution in [1.29, 1.82) is 0 Å². The number of carbonyl (C=O) groups excluding carboxylic acids is 1. The lowest BCUT2D eigenvalue weighted by atomic mass is 10.0. The van der Waals surface area contributed by atoms with Gasteiger partial charge in [-0.05, 0) is 30.2 Å². The number of rotatable bonds is 4. The number of hydrogen-bond acceptors (Lipinski definition) is 4. The molecule has 22 heavy (non-hydrogen) atoms. The molecule has 0 amide bonds. The van der Waals surface area contributed by atoms with Crippen LogP contribution in [0.3, 0.4) is 0 Å². The highest BCUT2D eigenvalue weighted by Gasteiger charge is 2.15. The summed E-state index contributed by atoms with van der Waals surface area (Å²) in [6.45, 7) is 4.39. The minimum absolute atomic E-state index is 0.112. The Bertz CT molecular complexity index is 646. The van der Waals surface area contributed by atoms with Gasteiger partial charge in [0.1, 0.15) is 0 Å². The molecule has 1 atom stereocenters. The van der Waals surface area contributed by atoms with Crippen molar-refractivity contribution in [3.8, 4) is 0 Å². The maximum absolute atomic E-state index is 12.3. The largest absolute Gasteiger partial charge is 0.371 e. The van der Waals surface area contributed by atoms with Crippen LogP contribution in [0.15, 0.2) is 42.6 Å². The van der Waals surface area contributed by atoms with Crippen LogP contribution in [0.1, 0.15) is 33.3 Å². The van der Waals surface area contributed by atoms with Gasteiger partial charge in [-0.2, -0.15) is 0 Å². The molecule has 3 rings (SSSR count). The average molecular weight is 296 g/mol. The first-order chi connectivity index (χ1) is 10.7. The molecule has 0 spiro atoms. The summed E-state index contributed by atoms with van der Waals surface area (Å²) in [5.74, 6) is 0.119. The predicted octanol–water partition coefficient (Wildman–Crippen LogP) is 2.48. The van der Waals surface area contributed by atoms with Crippen molar-refractivity contribution in [2.45, 2.75) is 19.4 Å². The molecule has 1 saturated heterocycles. The maximum Gasteiger partial charge on any atom is 0.167 e. The van der Waals surface area contributed by atoms with E-state index in [9.17, 15) is 4.79 Å². The summed E-state index contributed by atoms with van der Waals surface area (Å²) < 4.78 is 5.73. The summed E-state index contributed by atoms with van der Waals surface area (Å²) in [6.07, 6.45) is 2.20. The Morgan fingerprint density at radius 2 is 2.14 bits per heavy atom. The number of aromatic nitrogens is 1. The molecular weight excluding hydrogens is 276 g/mol. The number of nitrogens with zero attached hydrogens (tertiary/aromatic N) is 1. The molecule has 2 aromatic rings. The Morgan fingerprint density at radius 3 is 2.82 bits per heavy atom. The van der Waals surface area contributed by atoms with Crippen LogP contribution in [0, 0.1) is 6.92 Å². The smallest absolute Gasteiger partial charge is 0.167 e. The summed E-state index contributed by atoms with van der Waals surface area (Å²) >= 11 is 0. The summed E-state index contributed by atoms with van der Waals surface area (Å²) in [5, 5.41) is 3.32. The zero-order valence-electron chi connectivity index (χ0n) is 12.7. The molecule has 1 fully saturated rings. The first-order valence-corrected chi connectivity index (χ1v) is 7.59. The van der Waals surface area contributed by atoms with Gasteiger partial charge in [-0.25, -0.2) is 0 Å². The van der Waals surface area contributed by atoms with Crippen LogP contribution in [0.4, 0.5) is 0 Å². The van der Waals surface area contributed by atoms with E-state index in [0.29, 0.717) is 6.42 Å². The van der Waals surface area contributed by atoms with Crippen molar-refractivity contribution in [1.82, 2.24) is 10.3 Å². The van der Waals surface area contributed by atoms with Gasteiger partial charge in [0.15, 0.2) is 5.78 Å². The fraction of sp³-hybridized carbons (Fsp3) is 0.333. The van der Waals surface area contributed by atoms with Crippen molar-refractivity contribution < 1.29 is 9.53 Å². The van der Waals surface area contributed by atoms with Crippen LogP contribution >= 0.6 is 0 Å². The Labute approximate surface area is 130 Å². The van der Waals surface area contributed by atoms with Gasteiger partial charge in [-0.3, -0.25) is 9.78 Å². The number of morpholine rings is 1. The molecule has 114 valence electrons. The predicted molar refractivity (Wildman–Crippen MR) is 85.0 cm³/mol. The van der Waals surface area contributed by atoms with Crippen LogP contribution in [-0.2, 0) is 11.2 Å². The first-order valence-electron chi connectivity index (χ1n) is 7.59. The van der Waals surface area contributed by atoms with Crippen molar-refractivity contribution in [3.63, 3.8) is 0 Å². The van der Waals surface area contributed by atoms with E-state index in [1.165, 1.54) is 0 Å². The summed E-state index contributed by atoms with van der Waals surface area (Å²) in [4.78, 5) is 16.4. The molecule has 2 heterocycles. The molecule has 0 aliphatic carbocycles. The fourth-order valence-corrected chi connectivity index (χ4v) is 2.64. The first kappa shape index (κ1) is 14.9. The van der Waals surface area contributed by atoms with Crippen LogP contribution in [0.5, 0.6) is 0 Å². The SMILES string of the molecule is Cc1cc(C(=O)Cc2ccc(C3CNCCO3)cc2)ccn1. The number of ether oxygens (including phenoxy) is 1. The van der Waals surface area contributed by atoms with Gasteiger partial charge in [-0.15, -0.1) is 0 Å². The third-order valence-electron chi connectivity index (χ3n) is 3.86. The maximum atomic E-state index is 12.3. The third kappa shape index (κ3) is 3.59. The van der Waals surface area contributed by atoms with Gasteiger partial charge < -0.3 is 10.1 Å². The third-order valence-corrected chi connectivity index (χ3v) is 3.86. The van der Waals surface area contributed by atoms with Crippen LogP contribution < -0.4 is 5.32 Å². The molecule has 1 unspecified atom stereocenters. The summed E-state index contributed by atoms with van der Waals surface area (Å²) in [7, 11) is 0. The molecule has 0 radical (unpaired) electrons. The zero-order chi connectivity index (χ0) is 15.4. The number of ketones is 1. The molecule has 1 aromatic heterocycles. The van der Waals surface area contributed by atoms with E-state index in [0.717, 1.165) is 42.1 Å². The minimum Gasteiger partial charge on any atom is -0.371 e. The molecule has 0 saturated carbocycles. The lowest BCUT2D eigenvalue weighted by Crippen LogP contribution is -2.33. The lowest BCUT2D eigenvalue weighted by Gasteiger charge is -2.24. The van der Waals surface area contributed by atoms with Crippen molar-refractivity contribution in [2.24, 2.45) is 0 Å². The molecule has 4 heteroatoms. The number of carbonyl (C=O) groups is 1. The van der Waals surface area contributed by atoms with Crippen molar-refractivity contribution >= 4 is 5.78 Å². The summed E-state index contributed by atoms with van der Waals surface area (Å²) in [6, 6.07) is 11.7. The van der Waals surface area contributed by atoms with E-state index in [2.05, 4.69) is 22.4 Å². The lowest BCUT2D eigenvalue weighted by molar-refractivity contribution is 0.0277. The highest BCUT2D eigenvalue weighted by molar-refractivity contribution is 5.97. The Balaban J connectivity index is 1.66. The van der Waals surface area contributed by atoms with Gasteiger partial charge in [0, 0.05) is 37.0 Å². The van der Waals surface area contributed by atoms with E-state index < -0.39 is 0 Å². The van der Waals surface area contributed by atoms with Gasteiger partial charge in [-0.1, -0.05) is 24.3 Å². The fourth-order valence-electron chi connectivity index (χ4n) is 2.64. The molecule has 0 bridgehead atoms. The van der Waals surface area contributed by atoms with Gasteiger partial charge in [0.25, 0.3) is 0 Å². The van der Waals surface area contributed by atoms with E-state index in [1.807, 2.05) is 25.1 Å². The number of pyridine rings is 1. The number of Topliss-reactive ketones (excluding diaryl/α,β-unsaturated/α-hetero) is 1. The Morgan fingerprint density at radius 1 is 1.32 bits per heavy atom. The standard InChI is InChI=1S/C18H20N2O2/c1-13-10-16(6-7-20-13)17(21)11-14-2-4-15(5-3-14)18-12-19-8-9-22-18/h2-7,10,18-19H,8-9,11-12H2,1H3. The van der Waals surface area contributed by atoms with Crippen molar-refractivity contribution in [3.05, 3.63) is 65.0 Å². The van der Waals surface area contributed by atoms with Gasteiger partial charge in [0.2, 0.25) is 0 Å². The van der Waals surface area contributed by atoms with E-state index in [-0.39, 0.29) is 11.9 Å². The summed E-state index contributed by atoms with van der Waals surface area (Å²) in [5.41, 5.74) is 3.76. The van der Waals surface area contributed by atoms with E-state index >= 15 is 0 Å². The molecular formula is C18H20N2O2. The second-order valence-corrected chi connectivity index (χ2v) is 5.59. The van der Waals surface area contributed by atoms with E-state index in [4.69, 9.17) is 4.74 Å². The second-order valence-electron chi connectivity index (χ2n) is 5.59. The Kier molecular flexibility index (Phi) is 4.61. The quantitative estimate of drug-likeness (QED) is 0.881. The molecule has 1 aliphatic rings. The number of aryl methyl sites for hydroxylation is 1. The molecule has 1 aliphatic heterocycles. The van der Waals surface area contributed by atoms with Crippen LogP contribution in [0.25, 0.3) is 0 Å².